The lowest BCUT2D eigenvalue weighted by Gasteiger charge is -2.07. The maximum Gasteiger partial charge on any atom is 0.347 e. The predicted octanol–water partition coefficient (Wildman–Crippen LogP) is 6.82. The van der Waals surface area contributed by atoms with Gasteiger partial charge in [0, 0.05) is 10.8 Å². The van der Waals surface area contributed by atoms with E-state index in [9.17, 15) is 9.59 Å². The van der Waals surface area contributed by atoms with Crippen molar-refractivity contribution in [2.24, 2.45) is 0 Å². The molecular formula is C38H24N6O4. The van der Waals surface area contributed by atoms with Crippen molar-refractivity contribution in [3.63, 3.8) is 0 Å². The lowest BCUT2D eigenvalue weighted by atomic mass is 10.1. The molecule has 9 aromatic rings. The molecule has 4 heterocycles. The Bertz CT molecular complexity index is 2600. The second-order valence-corrected chi connectivity index (χ2v) is 11.5. The van der Waals surface area contributed by atoms with Crippen LogP contribution >= 0.6 is 0 Å². The summed E-state index contributed by atoms with van der Waals surface area (Å²) in [5.74, 6) is 0.376. The quantitative estimate of drug-likeness (QED) is 0.197. The molecule has 10 nitrogen and oxygen atoms in total. The van der Waals surface area contributed by atoms with Crippen molar-refractivity contribution in [2.75, 3.05) is 0 Å². The summed E-state index contributed by atoms with van der Waals surface area (Å²) in [6, 6.07) is 38.2. The first kappa shape index (κ1) is 27.6. The number of hydrogen-bond acceptors (Lipinski definition) is 8. The Morgan fingerprint density at radius 2 is 0.833 bits per heavy atom. The van der Waals surface area contributed by atoms with Crippen molar-refractivity contribution in [1.29, 1.82) is 0 Å². The van der Waals surface area contributed by atoms with Crippen LogP contribution in [0.25, 0.3) is 66.8 Å². The van der Waals surface area contributed by atoms with Crippen LogP contribution < -0.4 is 11.3 Å². The number of nitrogens with zero attached hydrogens (tertiary/aromatic N) is 6. The fourth-order valence-electron chi connectivity index (χ4n) is 6.15. The number of aromatic nitrogens is 6. The zero-order valence-corrected chi connectivity index (χ0v) is 25.3. The number of fused-ring (bicyclic) bond motifs is 4. The number of rotatable bonds is 6. The first-order valence-corrected chi connectivity index (χ1v) is 15.4. The molecule has 0 amide bonds. The van der Waals surface area contributed by atoms with Crippen LogP contribution in [0.15, 0.2) is 140 Å². The highest BCUT2D eigenvalue weighted by atomic mass is 16.4. The highest BCUT2D eigenvalue weighted by Crippen LogP contribution is 2.29. The maximum absolute atomic E-state index is 12.7. The van der Waals surface area contributed by atoms with Gasteiger partial charge >= 0.3 is 11.3 Å². The highest BCUT2D eigenvalue weighted by molar-refractivity contribution is 5.93. The fraction of sp³-hybridized carbons (Fsp3) is 0.0526. The molecule has 0 aliphatic rings. The minimum Gasteiger partial charge on any atom is -0.401 e. The minimum absolute atomic E-state index is 0.188. The van der Waals surface area contributed by atoms with Crippen LogP contribution in [-0.4, -0.2) is 29.5 Å². The van der Waals surface area contributed by atoms with Crippen LogP contribution in [0, 0.1) is 0 Å². The first-order chi connectivity index (χ1) is 23.6. The summed E-state index contributed by atoms with van der Waals surface area (Å²) in [7, 11) is 0. The lowest BCUT2D eigenvalue weighted by molar-refractivity contribution is 0.514. The summed E-state index contributed by atoms with van der Waals surface area (Å²) in [4.78, 5) is 34.6. The summed E-state index contributed by atoms with van der Waals surface area (Å²) in [5, 5.41) is 12.3. The molecule has 0 unspecified atom stereocenters. The van der Waals surface area contributed by atoms with Gasteiger partial charge in [0.1, 0.15) is 0 Å². The van der Waals surface area contributed by atoms with E-state index in [1.165, 1.54) is 0 Å². The van der Waals surface area contributed by atoms with Crippen molar-refractivity contribution in [2.45, 2.75) is 13.1 Å². The van der Waals surface area contributed by atoms with Gasteiger partial charge in [-0.1, -0.05) is 84.9 Å². The Morgan fingerprint density at radius 1 is 0.458 bits per heavy atom. The van der Waals surface area contributed by atoms with Crippen LogP contribution in [0.2, 0.25) is 0 Å². The molecule has 0 aliphatic carbocycles. The molecule has 0 spiro atoms. The van der Waals surface area contributed by atoms with E-state index in [0.29, 0.717) is 46.3 Å². The van der Waals surface area contributed by atoms with Crippen molar-refractivity contribution >= 4 is 43.6 Å². The van der Waals surface area contributed by atoms with E-state index < -0.39 is 11.3 Å². The largest absolute Gasteiger partial charge is 0.401 e. The third kappa shape index (κ3) is 4.66. The molecule has 0 saturated carbocycles. The van der Waals surface area contributed by atoms with E-state index >= 15 is 0 Å². The first-order valence-electron chi connectivity index (χ1n) is 15.4. The number of hydrogen-bond donors (Lipinski definition) is 0. The van der Waals surface area contributed by atoms with Crippen LogP contribution in [0.1, 0.15) is 11.1 Å². The normalized spacial score (nSPS) is 11.7. The number of para-hydroxylation sites is 4. The van der Waals surface area contributed by atoms with Gasteiger partial charge in [0.2, 0.25) is 0 Å². The highest BCUT2D eigenvalue weighted by Gasteiger charge is 2.19. The molecule has 0 bridgehead atoms. The molecule has 0 atom stereocenters. The third-order valence-electron chi connectivity index (χ3n) is 8.48. The van der Waals surface area contributed by atoms with Crippen LogP contribution in [0.3, 0.4) is 0 Å². The van der Waals surface area contributed by atoms with E-state index in [2.05, 4.69) is 34.2 Å². The van der Waals surface area contributed by atoms with Crippen LogP contribution in [-0.2, 0) is 13.1 Å². The molecule has 230 valence electrons. The van der Waals surface area contributed by atoms with Gasteiger partial charge in [-0.15, -0.1) is 0 Å². The summed E-state index contributed by atoms with van der Waals surface area (Å²) in [6.45, 7) is 1.00. The Hall–Kier alpha value is -6.68. The van der Waals surface area contributed by atoms with Gasteiger partial charge in [-0.25, -0.2) is 19.6 Å². The molecule has 0 N–H and O–H groups in total. The van der Waals surface area contributed by atoms with Crippen molar-refractivity contribution in [3.05, 3.63) is 153 Å². The van der Waals surface area contributed by atoms with Crippen molar-refractivity contribution < 1.29 is 8.83 Å². The molecule has 5 aromatic carbocycles. The van der Waals surface area contributed by atoms with E-state index in [-0.39, 0.29) is 11.8 Å². The summed E-state index contributed by atoms with van der Waals surface area (Å²) < 4.78 is 15.1. The zero-order valence-electron chi connectivity index (χ0n) is 25.3. The van der Waals surface area contributed by atoms with E-state index in [4.69, 9.17) is 19.0 Å². The molecule has 4 aromatic heterocycles. The third-order valence-corrected chi connectivity index (χ3v) is 8.48. The van der Waals surface area contributed by atoms with Crippen LogP contribution in [0.5, 0.6) is 0 Å². The number of benzene rings is 5. The smallest absolute Gasteiger partial charge is 0.347 e. The molecule has 48 heavy (non-hydrogen) atoms. The molecule has 0 fully saturated rings. The van der Waals surface area contributed by atoms with E-state index in [1.54, 1.807) is 36.4 Å². The van der Waals surface area contributed by atoms with Crippen molar-refractivity contribution in [1.82, 2.24) is 29.5 Å². The summed E-state index contributed by atoms with van der Waals surface area (Å²) in [5.41, 5.74) is 5.16. The molecular weight excluding hydrogens is 604 g/mol. The van der Waals surface area contributed by atoms with Gasteiger partial charge in [-0.3, -0.25) is 9.36 Å². The SMILES string of the molecule is O=c1oc(-c2nn(Cc3ccc(Cn4nc(-c5nc6ccccc6c(=O)o5)c5ccccc54)cc3)c3ccccc23)nc2ccccc12. The Balaban J connectivity index is 1.03. The molecule has 10 heteroatoms. The second-order valence-electron chi connectivity index (χ2n) is 11.5. The summed E-state index contributed by atoms with van der Waals surface area (Å²) >= 11 is 0. The minimum atomic E-state index is -0.444. The zero-order chi connectivity index (χ0) is 32.2. The monoisotopic (exact) mass is 628 g/mol. The van der Waals surface area contributed by atoms with E-state index in [1.807, 2.05) is 70.0 Å². The Kier molecular flexibility index (Phi) is 6.32. The van der Waals surface area contributed by atoms with Gasteiger partial charge in [0.05, 0.1) is 45.9 Å². The second kappa shape index (κ2) is 11.0. The fourth-order valence-corrected chi connectivity index (χ4v) is 6.15. The van der Waals surface area contributed by atoms with E-state index in [0.717, 1.165) is 32.9 Å². The molecule has 9 rings (SSSR count). The molecule has 0 aliphatic heterocycles. The predicted molar refractivity (Wildman–Crippen MR) is 183 cm³/mol. The maximum atomic E-state index is 12.7. The standard InChI is InChI=1S/C38H24N6O4/c45-37-25-9-1-5-13-29(25)39-35(47-37)33-27-11-3-7-15-31(27)43(41-33)21-23-17-19-24(20-18-23)22-44-32-16-8-4-12-28(32)34(42-44)36-40-30-14-6-2-10-26(30)38(46)48-36/h1-20H,21-22H2. The molecule has 0 radical (unpaired) electrons. The van der Waals surface area contributed by atoms with Gasteiger partial charge in [0.15, 0.2) is 11.4 Å². The Morgan fingerprint density at radius 3 is 1.27 bits per heavy atom. The van der Waals surface area contributed by atoms with Crippen LogP contribution in [0.4, 0.5) is 0 Å². The average molecular weight is 629 g/mol. The average Bonchev–Trinajstić information content (AvgIpc) is 3.67. The van der Waals surface area contributed by atoms with Gasteiger partial charge < -0.3 is 8.83 Å². The van der Waals surface area contributed by atoms with Gasteiger partial charge in [0.25, 0.3) is 11.8 Å². The topological polar surface area (TPSA) is 122 Å². The Labute approximate surface area is 271 Å². The summed E-state index contributed by atoms with van der Waals surface area (Å²) in [6.07, 6.45) is 0. The van der Waals surface area contributed by atoms with Gasteiger partial charge in [-0.2, -0.15) is 10.2 Å². The van der Waals surface area contributed by atoms with Crippen molar-refractivity contribution in [3.8, 4) is 23.2 Å². The lowest BCUT2D eigenvalue weighted by Crippen LogP contribution is -2.05. The molecule has 0 saturated heterocycles. The van der Waals surface area contributed by atoms with Gasteiger partial charge in [-0.05, 0) is 47.5 Å².